The number of anilines is 1. The zero-order chi connectivity index (χ0) is 10.3. The fourth-order valence-corrected chi connectivity index (χ4v) is 2.16. The quantitative estimate of drug-likeness (QED) is 0.619. The molecule has 1 saturated carbocycles. The van der Waals surface area contributed by atoms with Gasteiger partial charge in [0.15, 0.2) is 0 Å². The van der Waals surface area contributed by atoms with Gasteiger partial charge in [-0.1, -0.05) is 13.8 Å². The van der Waals surface area contributed by atoms with Crippen molar-refractivity contribution >= 4 is 21.3 Å². The fourth-order valence-electron chi connectivity index (χ4n) is 1.39. The molecular weight excluding hydrogens is 200 g/mol. The molecule has 1 aromatic rings. The molecule has 0 bridgehead atoms. The van der Waals surface area contributed by atoms with Crippen molar-refractivity contribution in [2.75, 3.05) is 5.32 Å². The van der Waals surface area contributed by atoms with Crippen LogP contribution in [0.5, 0.6) is 0 Å². The molecule has 2 rings (SSSR count). The molecule has 0 aliphatic heterocycles. The summed E-state index contributed by atoms with van der Waals surface area (Å²) in [4.78, 5) is 10.1. The first-order valence-electron chi connectivity index (χ1n) is 4.50. The molecule has 1 aliphatic rings. The van der Waals surface area contributed by atoms with E-state index >= 15 is 0 Å². The van der Waals surface area contributed by atoms with E-state index in [0.29, 0.717) is 11.5 Å². The van der Waals surface area contributed by atoms with E-state index in [4.69, 9.17) is 0 Å². The lowest BCUT2D eigenvalue weighted by atomic mass is 10.2. The average Bonchev–Trinajstić information content (AvgIpc) is 2.51. The topological polar surface area (TPSA) is 55.2 Å². The van der Waals surface area contributed by atoms with E-state index in [1.807, 2.05) is 0 Å². The number of nitrogens with one attached hydrogen (secondary N) is 1. The first-order valence-corrected chi connectivity index (χ1v) is 5.31. The molecule has 0 amide bonds. The Morgan fingerprint density at radius 1 is 1.64 bits per heavy atom. The Hall–Kier alpha value is -1.10. The van der Waals surface area contributed by atoms with E-state index in [9.17, 15) is 10.1 Å². The fraction of sp³-hybridized carbons (Fsp3) is 0.556. The van der Waals surface area contributed by atoms with Crippen molar-refractivity contribution in [2.24, 2.45) is 5.41 Å². The van der Waals surface area contributed by atoms with E-state index in [1.165, 1.54) is 11.3 Å². The van der Waals surface area contributed by atoms with Crippen LogP contribution in [-0.4, -0.2) is 11.0 Å². The maximum atomic E-state index is 10.4. The second-order valence-corrected chi connectivity index (χ2v) is 5.35. The normalized spacial score (nSPS) is 23.1. The summed E-state index contributed by atoms with van der Waals surface area (Å²) in [7, 11) is 0. The van der Waals surface area contributed by atoms with Gasteiger partial charge < -0.3 is 5.32 Å². The van der Waals surface area contributed by atoms with Crippen LogP contribution in [0.3, 0.4) is 0 Å². The summed E-state index contributed by atoms with van der Waals surface area (Å²) >= 11 is 1.20. The first kappa shape index (κ1) is 9.45. The third-order valence-corrected chi connectivity index (χ3v) is 3.57. The summed E-state index contributed by atoms with van der Waals surface area (Å²) in [6, 6.07) is 3.79. The highest BCUT2D eigenvalue weighted by atomic mass is 32.1. The van der Waals surface area contributed by atoms with E-state index < -0.39 is 0 Å². The summed E-state index contributed by atoms with van der Waals surface area (Å²) in [6.45, 7) is 4.37. The van der Waals surface area contributed by atoms with Gasteiger partial charge in [0.1, 0.15) is 0 Å². The molecule has 1 atom stereocenters. The van der Waals surface area contributed by atoms with Crippen LogP contribution in [0.2, 0.25) is 0 Å². The summed E-state index contributed by atoms with van der Waals surface area (Å²) in [5.41, 5.74) is 0.346. The van der Waals surface area contributed by atoms with E-state index in [2.05, 4.69) is 19.2 Å². The molecule has 1 aliphatic carbocycles. The first-order chi connectivity index (χ1) is 6.49. The predicted octanol–water partition coefficient (Wildman–Crippen LogP) is 2.87. The molecule has 1 aromatic heterocycles. The molecule has 1 heterocycles. The maximum Gasteiger partial charge on any atom is 0.326 e. The minimum Gasteiger partial charge on any atom is -0.373 e. The second kappa shape index (κ2) is 2.95. The lowest BCUT2D eigenvalue weighted by molar-refractivity contribution is -0.380. The molecule has 1 N–H and O–H groups in total. The third-order valence-electron chi connectivity index (χ3n) is 2.60. The molecule has 1 unspecified atom stereocenters. The van der Waals surface area contributed by atoms with Crippen molar-refractivity contribution in [3.8, 4) is 0 Å². The molecule has 14 heavy (non-hydrogen) atoms. The molecule has 4 nitrogen and oxygen atoms in total. The summed E-state index contributed by atoms with van der Waals surface area (Å²) in [6.07, 6.45) is 1.14. The van der Waals surface area contributed by atoms with Gasteiger partial charge in [-0.25, -0.2) is 0 Å². The van der Waals surface area contributed by atoms with Gasteiger partial charge >= 0.3 is 5.00 Å². The minimum atomic E-state index is -0.353. The molecule has 1 fully saturated rings. The second-order valence-electron chi connectivity index (χ2n) is 4.28. The van der Waals surface area contributed by atoms with Crippen molar-refractivity contribution in [1.29, 1.82) is 0 Å². The summed E-state index contributed by atoms with van der Waals surface area (Å²) in [5.74, 6) is 0. The van der Waals surface area contributed by atoms with Gasteiger partial charge in [-0.2, -0.15) is 0 Å². The predicted molar refractivity (Wildman–Crippen MR) is 56.8 cm³/mol. The van der Waals surface area contributed by atoms with Crippen LogP contribution in [0.25, 0.3) is 0 Å². The van der Waals surface area contributed by atoms with E-state index in [1.54, 1.807) is 12.1 Å². The van der Waals surface area contributed by atoms with Crippen LogP contribution < -0.4 is 5.32 Å². The molecule has 0 radical (unpaired) electrons. The monoisotopic (exact) mass is 212 g/mol. The van der Waals surface area contributed by atoms with Gasteiger partial charge in [-0.05, 0) is 29.2 Å². The zero-order valence-corrected chi connectivity index (χ0v) is 8.93. The third kappa shape index (κ3) is 1.72. The number of rotatable bonds is 3. The molecule has 0 saturated heterocycles. The summed E-state index contributed by atoms with van der Waals surface area (Å²) < 4.78 is 0. The zero-order valence-electron chi connectivity index (χ0n) is 8.11. The average molecular weight is 212 g/mol. The SMILES string of the molecule is CC1(C)CC1Nc1ccc([N+](=O)[O-])s1. The number of nitro groups is 1. The lowest BCUT2D eigenvalue weighted by Crippen LogP contribution is -2.06. The number of hydrogen-bond donors (Lipinski definition) is 1. The van der Waals surface area contributed by atoms with Crippen LogP contribution in [0.1, 0.15) is 20.3 Å². The van der Waals surface area contributed by atoms with Crippen LogP contribution in [0.4, 0.5) is 10.0 Å². The Morgan fingerprint density at radius 3 is 2.71 bits per heavy atom. The highest BCUT2D eigenvalue weighted by Crippen LogP contribution is 2.47. The van der Waals surface area contributed by atoms with Gasteiger partial charge in [-0.15, -0.1) is 0 Å². The van der Waals surface area contributed by atoms with Gasteiger partial charge in [0, 0.05) is 12.1 Å². The molecule has 0 spiro atoms. The Labute approximate surface area is 86.1 Å². The number of hydrogen-bond acceptors (Lipinski definition) is 4. The van der Waals surface area contributed by atoms with Gasteiger partial charge in [-0.3, -0.25) is 10.1 Å². The highest BCUT2D eigenvalue weighted by molar-refractivity contribution is 7.19. The smallest absolute Gasteiger partial charge is 0.326 e. The van der Waals surface area contributed by atoms with Crippen molar-refractivity contribution in [3.05, 3.63) is 22.2 Å². The van der Waals surface area contributed by atoms with E-state index in [-0.39, 0.29) is 9.92 Å². The molecular formula is C9H12N2O2S. The maximum absolute atomic E-state index is 10.4. The summed E-state index contributed by atoms with van der Waals surface area (Å²) in [5, 5.41) is 14.8. The standard InChI is InChI=1S/C9H12N2O2S/c1-9(2)5-6(9)10-7-3-4-8(14-7)11(12)13/h3-4,6,10H,5H2,1-2H3. The van der Waals surface area contributed by atoms with Crippen molar-refractivity contribution in [3.63, 3.8) is 0 Å². The van der Waals surface area contributed by atoms with Gasteiger partial charge in [0.25, 0.3) is 0 Å². The molecule has 5 heteroatoms. The number of thiophene rings is 1. The largest absolute Gasteiger partial charge is 0.373 e. The Balaban J connectivity index is 2.01. The van der Waals surface area contributed by atoms with Crippen molar-refractivity contribution in [2.45, 2.75) is 26.3 Å². The van der Waals surface area contributed by atoms with Crippen molar-refractivity contribution in [1.82, 2.24) is 0 Å². The Kier molecular flexibility index (Phi) is 1.99. The van der Waals surface area contributed by atoms with Crippen molar-refractivity contribution < 1.29 is 4.92 Å². The van der Waals surface area contributed by atoms with Gasteiger partial charge in [0.05, 0.1) is 9.92 Å². The van der Waals surface area contributed by atoms with Crippen LogP contribution in [0, 0.1) is 15.5 Å². The van der Waals surface area contributed by atoms with Crippen LogP contribution in [-0.2, 0) is 0 Å². The molecule has 76 valence electrons. The lowest BCUT2D eigenvalue weighted by Gasteiger charge is -2.03. The van der Waals surface area contributed by atoms with E-state index in [0.717, 1.165) is 11.4 Å². The van der Waals surface area contributed by atoms with Crippen LogP contribution in [0.15, 0.2) is 12.1 Å². The highest BCUT2D eigenvalue weighted by Gasteiger charge is 2.45. The number of nitrogens with zero attached hydrogens (tertiary/aromatic N) is 1. The van der Waals surface area contributed by atoms with Gasteiger partial charge in [0.2, 0.25) is 0 Å². The van der Waals surface area contributed by atoms with Crippen LogP contribution >= 0.6 is 11.3 Å². The molecule has 0 aromatic carbocycles. The Bertz CT molecular complexity index is 373. The Morgan fingerprint density at radius 2 is 2.29 bits per heavy atom. The minimum absolute atomic E-state index is 0.200.